The van der Waals surface area contributed by atoms with Gasteiger partial charge in [0.15, 0.2) is 6.61 Å². The van der Waals surface area contributed by atoms with Gasteiger partial charge in [0.05, 0.1) is 0 Å². The highest BCUT2D eigenvalue weighted by Gasteiger charge is 2.23. The largest absolute Gasteiger partial charge is 0.482 e. The van der Waals surface area contributed by atoms with Crippen molar-refractivity contribution in [2.24, 2.45) is 0 Å². The van der Waals surface area contributed by atoms with Crippen LogP contribution in [0.1, 0.15) is 23.2 Å². The second-order valence-corrected chi connectivity index (χ2v) is 6.23. The maximum absolute atomic E-state index is 12.5. The molecule has 3 N–H and O–H groups in total. The molecule has 146 valence electrons. The standard InChI is InChI=1S/C20H20N2O6/c23-18(24)12-28-16-8-6-14(7-9-16)21-19(25)13-3-1-4-15(11-13)22-20(26)17-5-2-10-27-17/h1,3-4,6-9,11,17H,2,5,10,12H2,(H,21,25)(H,22,26)(H,23,24). The van der Waals surface area contributed by atoms with E-state index in [1.165, 1.54) is 0 Å². The predicted octanol–water partition coefficient (Wildman–Crippen LogP) is 2.52. The zero-order valence-electron chi connectivity index (χ0n) is 15.0. The van der Waals surface area contributed by atoms with Gasteiger partial charge >= 0.3 is 5.97 Å². The second kappa shape index (κ2) is 9.01. The average Bonchev–Trinajstić information content (AvgIpc) is 3.22. The van der Waals surface area contributed by atoms with E-state index in [2.05, 4.69) is 10.6 Å². The van der Waals surface area contributed by atoms with Gasteiger partial charge in [-0.3, -0.25) is 9.59 Å². The van der Waals surface area contributed by atoms with Crippen molar-refractivity contribution in [3.63, 3.8) is 0 Å². The molecule has 1 atom stereocenters. The van der Waals surface area contributed by atoms with Crippen LogP contribution in [-0.2, 0) is 14.3 Å². The van der Waals surface area contributed by atoms with Crippen molar-refractivity contribution < 1.29 is 29.0 Å². The van der Waals surface area contributed by atoms with Crippen molar-refractivity contribution in [2.75, 3.05) is 23.8 Å². The molecule has 0 bridgehead atoms. The fourth-order valence-electron chi connectivity index (χ4n) is 2.73. The number of benzene rings is 2. The summed E-state index contributed by atoms with van der Waals surface area (Å²) in [4.78, 5) is 35.1. The van der Waals surface area contributed by atoms with Gasteiger partial charge in [-0.05, 0) is 55.3 Å². The number of amides is 2. The van der Waals surface area contributed by atoms with Crippen molar-refractivity contribution >= 4 is 29.2 Å². The van der Waals surface area contributed by atoms with Gasteiger partial charge in [0, 0.05) is 23.5 Å². The molecule has 1 unspecified atom stereocenters. The molecule has 1 aliphatic rings. The SMILES string of the molecule is O=C(O)COc1ccc(NC(=O)c2cccc(NC(=O)C3CCCO3)c2)cc1. The Morgan fingerprint density at radius 3 is 2.54 bits per heavy atom. The van der Waals surface area contributed by atoms with Crippen LogP contribution >= 0.6 is 0 Å². The molecule has 8 nitrogen and oxygen atoms in total. The molecular formula is C20H20N2O6. The van der Waals surface area contributed by atoms with Gasteiger partial charge in [0.25, 0.3) is 11.8 Å². The molecule has 0 aromatic heterocycles. The number of ether oxygens (including phenoxy) is 2. The summed E-state index contributed by atoms with van der Waals surface area (Å²) in [6, 6.07) is 13.0. The van der Waals surface area contributed by atoms with Gasteiger partial charge in [-0.25, -0.2) is 4.79 Å². The first-order valence-corrected chi connectivity index (χ1v) is 8.80. The number of carboxylic acid groups (broad SMARTS) is 1. The van der Waals surface area contributed by atoms with Crippen molar-refractivity contribution in [1.29, 1.82) is 0 Å². The summed E-state index contributed by atoms with van der Waals surface area (Å²) in [5.74, 6) is -1.23. The van der Waals surface area contributed by atoms with Crippen molar-refractivity contribution in [3.8, 4) is 5.75 Å². The number of aliphatic carboxylic acids is 1. The Labute approximate surface area is 161 Å². The van der Waals surface area contributed by atoms with Gasteiger partial charge in [-0.1, -0.05) is 6.07 Å². The lowest BCUT2D eigenvalue weighted by Crippen LogP contribution is -2.27. The van der Waals surface area contributed by atoms with Crippen LogP contribution < -0.4 is 15.4 Å². The highest BCUT2D eigenvalue weighted by molar-refractivity contribution is 6.05. The Morgan fingerprint density at radius 1 is 1.07 bits per heavy atom. The number of hydrogen-bond donors (Lipinski definition) is 3. The van der Waals surface area contributed by atoms with Gasteiger partial charge < -0.3 is 25.2 Å². The van der Waals surface area contributed by atoms with E-state index in [-0.39, 0.29) is 11.8 Å². The number of rotatable bonds is 7. The maximum Gasteiger partial charge on any atom is 0.341 e. The van der Waals surface area contributed by atoms with Gasteiger partial charge in [-0.2, -0.15) is 0 Å². The Hall–Kier alpha value is -3.39. The third-order valence-corrected chi connectivity index (χ3v) is 4.09. The van der Waals surface area contributed by atoms with Crippen molar-refractivity contribution in [1.82, 2.24) is 0 Å². The number of carboxylic acids is 1. The lowest BCUT2D eigenvalue weighted by Gasteiger charge is -2.12. The first-order valence-electron chi connectivity index (χ1n) is 8.80. The van der Waals surface area contributed by atoms with Crippen molar-refractivity contribution in [2.45, 2.75) is 18.9 Å². The molecule has 0 saturated carbocycles. The quantitative estimate of drug-likeness (QED) is 0.676. The summed E-state index contributed by atoms with van der Waals surface area (Å²) in [5, 5.41) is 14.1. The normalized spacial score (nSPS) is 15.6. The van der Waals surface area contributed by atoms with E-state index >= 15 is 0 Å². The molecule has 2 amide bonds. The average molecular weight is 384 g/mol. The van der Waals surface area contributed by atoms with E-state index in [4.69, 9.17) is 14.6 Å². The summed E-state index contributed by atoms with van der Waals surface area (Å²) in [6.07, 6.45) is 1.11. The highest BCUT2D eigenvalue weighted by Crippen LogP contribution is 2.19. The Bertz CT molecular complexity index is 859. The van der Waals surface area contributed by atoms with E-state index < -0.39 is 18.7 Å². The lowest BCUT2D eigenvalue weighted by atomic mass is 10.1. The fraction of sp³-hybridized carbons (Fsp3) is 0.250. The fourth-order valence-corrected chi connectivity index (χ4v) is 2.73. The number of carbonyl (C=O) groups excluding carboxylic acids is 2. The summed E-state index contributed by atoms with van der Waals surface area (Å²) >= 11 is 0. The van der Waals surface area contributed by atoms with Gasteiger partial charge in [-0.15, -0.1) is 0 Å². The van der Waals surface area contributed by atoms with Crippen LogP contribution in [0.4, 0.5) is 11.4 Å². The summed E-state index contributed by atoms with van der Waals surface area (Å²) in [5.41, 5.74) is 1.43. The van der Waals surface area contributed by atoms with Crippen LogP contribution in [0.5, 0.6) is 5.75 Å². The molecule has 2 aromatic carbocycles. The number of carbonyl (C=O) groups is 3. The molecule has 8 heteroatoms. The minimum Gasteiger partial charge on any atom is -0.482 e. The molecule has 0 radical (unpaired) electrons. The summed E-state index contributed by atoms with van der Waals surface area (Å²) in [7, 11) is 0. The molecule has 1 heterocycles. The van der Waals surface area contributed by atoms with E-state index in [9.17, 15) is 14.4 Å². The highest BCUT2D eigenvalue weighted by atomic mass is 16.5. The van der Waals surface area contributed by atoms with Crippen molar-refractivity contribution in [3.05, 3.63) is 54.1 Å². The summed E-state index contributed by atoms with van der Waals surface area (Å²) < 4.78 is 10.4. The monoisotopic (exact) mass is 384 g/mol. The van der Waals surface area contributed by atoms with Crippen LogP contribution in [0.3, 0.4) is 0 Å². The first-order chi connectivity index (χ1) is 13.5. The number of nitrogens with one attached hydrogen (secondary N) is 2. The molecule has 1 aliphatic heterocycles. The van der Waals surface area contributed by atoms with Gasteiger partial charge in [0.1, 0.15) is 11.9 Å². The van der Waals surface area contributed by atoms with Crippen LogP contribution in [0.25, 0.3) is 0 Å². The Kier molecular flexibility index (Phi) is 6.23. The molecule has 1 fully saturated rings. The molecule has 2 aromatic rings. The second-order valence-electron chi connectivity index (χ2n) is 6.23. The Balaban J connectivity index is 1.59. The number of anilines is 2. The first kappa shape index (κ1) is 19.4. The lowest BCUT2D eigenvalue weighted by molar-refractivity contribution is -0.139. The minimum atomic E-state index is -1.07. The molecule has 0 aliphatic carbocycles. The smallest absolute Gasteiger partial charge is 0.341 e. The van der Waals surface area contributed by atoms with Gasteiger partial charge in [0.2, 0.25) is 0 Å². The van der Waals surface area contributed by atoms with E-state index in [0.29, 0.717) is 35.7 Å². The third kappa shape index (κ3) is 5.31. The van der Waals surface area contributed by atoms with Crippen LogP contribution in [-0.4, -0.2) is 42.2 Å². The minimum absolute atomic E-state index is 0.216. The zero-order valence-corrected chi connectivity index (χ0v) is 15.0. The van der Waals surface area contributed by atoms with E-state index in [0.717, 1.165) is 6.42 Å². The molecular weight excluding hydrogens is 364 g/mol. The maximum atomic E-state index is 12.5. The van der Waals surface area contributed by atoms with E-state index in [1.54, 1.807) is 48.5 Å². The van der Waals surface area contributed by atoms with Crippen LogP contribution in [0, 0.1) is 0 Å². The zero-order chi connectivity index (χ0) is 19.9. The Morgan fingerprint density at radius 2 is 1.86 bits per heavy atom. The molecule has 0 spiro atoms. The molecule has 3 rings (SSSR count). The van der Waals surface area contributed by atoms with Crippen LogP contribution in [0.2, 0.25) is 0 Å². The summed E-state index contributed by atoms with van der Waals surface area (Å²) in [6.45, 7) is 0.150. The van der Waals surface area contributed by atoms with Crippen LogP contribution in [0.15, 0.2) is 48.5 Å². The third-order valence-electron chi connectivity index (χ3n) is 4.09. The molecule has 28 heavy (non-hydrogen) atoms. The molecule has 1 saturated heterocycles. The van der Waals surface area contributed by atoms with E-state index in [1.807, 2.05) is 0 Å². The topological polar surface area (TPSA) is 114 Å². The predicted molar refractivity (Wildman–Crippen MR) is 102 cm³/mol. The number of hydrogen-bond acceptors (Lipinski definition) is 5.